The van der Waals surface area contributed by atoms with Crippen LogP contribution < -0.4 is 0 Å². The molecule has 1 N–H and O–H groups in total. The van der Waals surface area contributed by atoms with Gasteiger partial charge in [-0.25, -0.2) is 0 Å². The first-order valence-electron chi connectivity index (χ1n) is 7.75. The smallest absolute Gasteiger partial charge is 0.0822 e. The highest BCUT2D eigenvalue weighted by molar-refractivity contribution is 9.10. The van der Waals surface area contributed by atoms with Crippen molar-refractivity contribution in [3.8, 4) is 0 Å². The summed E-state index contributed by atoms with van der Waals surface area (Å²) in [6, 6.07) is 6.17. The molecule has 2 fully saturated rings. The third-order valence-electron chi connectivity index (χ3n) is 4.93. The fraction of sp³-hybridized carbons (Fsp3) is 0.647. The van der Waals surface area contributed by atoms with Gasteiger partial charge >= 0.3 is 0 Å². The zero-order valence-electron chi connectivity index (χ0n) is 12.5. The predicted octanol–water partition coefficient (Wildman–Crippen LogP) is 4.48. The maximum absolute atomic E-state index is 10.9. The number of aliphatic hydroxyl groups is 1. The van der Waals surface area contributed by atoms with Gasteiger partial charge in [-0.15, -0.1) is 0 Å². The van der Waals surface area contributed by atoms with E-state index in [0.717, 1.165) is 47.9 Å². The van der Waals surface area contributed by atoms with Gasteiger partial charge in [-0.3, -0.25) is 0 Å². The normalized spacial score (nSPS) is 26.7. The van der Waals surface area contributed by atoms with E-state index in [-0.39, 0.29) is 11.7 Å². The van der Waals surface area contributed by atoms with Gasteiger partial charge in [0.25, 0.3) is 0 Å². The van der Waals surface area contributed by atoms with Crippen molar-refractivity contribution in [2.45, 2.75) is 44.3 Å². The topological polar surface area (TPSA) is 29.5 Å². The Morgan fingerprint density at radius 1 is 1.38 bits per heavy atom. The monoisotopic (exact) mass is 370 g/mol. The lowest BCUT2D eigenvalue weighted by molar-refractivity contribution is -0.121. The molecule has 1 spiro atoms. The number of thioether (sulfide) groups is 1. The molecule has 2 unspecified atom stereocenters. The lowest BCUT2D eigenvalue weighted by atomic mass is 9.77. The lowest BCUT2D eigenvalue weighted by Crippen LogP contribution is -2.44. The molecular formula is C17H23BrO2S. The Morgan fingerprint density at radius 3 is 2.86 bits per heavy atom. The van der Waals surface area contributed by atoms with Crippen LogP contribution in [0.4, 0.5) is 0 Å². The van der Waals surface area contributed by atoms with Crippen molar-refractivity contribution >= 4 is 27.7 Å². The second-order valence-electron chi connectivity index (χ2n) is 6.34. The van der Waals surface area contributed by atoms with Gasteiger partial charge in [-0.1, -0.05) is 22.0 Å². The Kier molecular flexibility index (Phi) is 4.99. The van der Waals surface area contributed by atoms with Crippen LogP contribution in [0.25, 0.3) is 0 Å². The van der Waals surface area contributed by atoms with E-state index < -0.39 is 0 Å². The molecule has 116 valence electrons. The van der Waals surface area contributed by atoms with Gasteiger partial charge in [0.15, 0.2) is 0 Å². The molecule has 1 aromatic rings. The summed E-state index contributed by atoms with van der Waals surface area (Å²) in [7, 11) is 0. The third kappa shape index (κ3) is 3.49. The van der Waals surface area contributed by atoms with Gasteiger partial charge in [0.2, 0.25) is 0 Å². The van der Waals surface area contributed by atoms with Crippen molar-refractivity contribution in [3.63, 3.8) is 0 Å². The molecule has 2 heterocycles. The largest absolute Gasteiger partial charge is 0.388 e. The molecule has 3 rings (SSSR count). The zero-order chi connectivity index (χ0) is 14.9. The minimum Gasteiger partial charge on any atom is -0.388 e. The van der Waals surface area contributed by atoms with Gasteiger partial charge in [-0.05, 0) is 73.3 Å². The number of hydrogen-bond acceptors (Lipinski definition) is 3. The van der Waals surface area contributed by atoms with Crippen molar-refractivity contribution in [2.24, 2.45) is 5.92 Å². The van der Waals surface area contributed by atoms with Crippen LogP contribution in [-0.4, -0.2) is 28.8 Å². The summed E-state index contributed by atoms with van der Waals surface area (Å²) < 4.78 is 7.21. The number of rotatable bonds is 2. The average Bonchev–Trinajstić information content (AvgIpc) is 2.47. The molecule has 2 atom stereocenters. The summed E-state index contributed by atoms with van der Waals surface area (Å²) in [6.45, 7) is 2.87. The molecule has 4 heteroatoms. The maximum atomic E-state index is 10.9. The summed E-state index contributed by atoms with van der Waals surface area (Å²) in [6.07, 6.45) is 3.88. The van der Waals surface area contributed by atoms with Crippen molar-refractivity contribution in [1.29, 1.82) is 0 Å². The molecule has 0 aromatic heterocycles. The number of aryl methyl sites for hydroxylation is 1. The second-order valence-corrected chi connectivity index (χ2v) is 8.48. The van der Waals surface area contributed by atoms with E-state index in [0.29, 0.717) is 5.92 Å². The molecule has 2 saturated heterocycles. The summed E-state index contributed by atoms with van der Waals surface area (Å²) in [5, 5.41) is 10.9. The van der Waals surface area contributed by atoms with Crippen LogP contribution in [0.3, 0.4) is 0 Å². The van der Waals surface area contributed by atoms with E-state index in [4.69, 9.17) is 4.74 Å². The van der Waals surface area contributed by atoms with Gasteiger partial charge < -0.3 is 9.84 Å². The van der Waals surface area contributed by atoms with Crippen molar-refractivity contribution in [1.82, 2.24) is 0 Å². The SMILES string of the molecule is Cc1cc(Br)ccc1C(O)C1CCOC2(CCSCC2)C1. The van der Waals surface area contributed by atoms with E-state index in [2.05, 4.69) is 35.0 Å². The number of halogens is 1. The Morgan fingerprint density at radius 2 is 2.14 bits per heavy atom. The van der Waals surface area contributed by atoms with Crippen molar-refractivity contribution < 1.29 is 9.84 Å². The highest BCUT2D eigenvalue weighted by Gasteiger charge is 2.41. The summed E-state index contributed by atoms with van der Waals surface area (Å²) in [4.78, 5) is 0. The second kappa shape index (κ2) is 6.61. The lowest BCUT2D eigenvalue weighted by Gasteiger charge is -2.44. The first kappa shape index (κ1) is 15.9. The Hall–Kier alpha value is -0.0300. The molecule has 2 aliphatic heterocycles. The molecule has 2 aliphatic rings. The van der Waals surface area contributed by atoms with Crippen molar-refractivity contribution in [3.05, 3.63) is 33.8 Å². The molecular weight excluding hydrogens is 348 g/mol. The summed E-state index contributed by atoms with van der Waals surface area (Å²) in [5.41, 5.74) is 2.28. The molecule has 2 nitrogen and oxygen atoms in total. The van der Waals surface area contributed by atoms with E-state index in [1.54, 1.807) is 0 Å². The van der Waals surface area contributed by atoms with Gasteiger partial charge in [0.1, 0.15) is 0 Å². The fourth-order valence-corrected chi connectivity index (χ4v) is 5.36. The standard InChI is InChI=1S/C17H23BrO2S/c1-12-10-14(18)2-3-15(12)16(19)13-4-7-20-17(11-13)5-8-21-9-6-17/h2-3,10,13,16,19H,4-9,11H2,1H3. The van der Waals surface area contributed by atoms with Crippen LogP contribution in [0.1, 0.15) is 42.9 Å². The van der Waals surface area contributed by atoms with Crippen molar-refractivity contribution in [2.75, 3.05) is 18.1 Å². The Labute approximate surface area is 139 Å². The molecule has 21 heavy (non-hydrogen) atoms. The number of hydrogen-bond donors (Lipinski definition) is 1. The highest BCUT2D eigenvalue weighted by atomic mass is 79.9. The van der Waals surface area contributed by atoms with Gasteiger partial charge in [0.05, 0.1) is 11.7 Å². The average molecular weight is 371 g/mol. The number of benzene rings is 1. The van der Waals surface area contributed by atoms with Crippen LogP contribution in [0.5, 0.6) is 0 Å². The summed E-state index contributed by atoms with van der Waals surface area (Å²) in [5.74, 6) is 2.71. The maximum Gasteiger partial charge on any atom is 0.0822 e. The molecule has 1 aromatic carbocycles. The number of ether oxygens (including phenoxy) is 1. The molecule has 0 saturated carbocycles. The molecule has 0 radical (unpaired) electrons. The van der Waals surface area contributed by atoms with Crippen LogP contribution in [0, 0.1) is 12.8 Å². The molecule has 0 aliphatic carbocycles. The van der Waals surface area contributed by atoms with E-state index in [1.807, 2.05) is 17.8 Å². The Balaban J connectivity index is 1.76. The number of aliphatic hydroxyl groups excluding tert-OH is 1. The first-order valence-corrected chi connectivity index (χ1v) is 9.70. The zero-order valence-corrected chi connectivity index (χ0v) is 14.9. The fourth-order valence-electron chi connectivity index (χ4n) is 3.65. The van der Waals surface area contributed by atoms with E-state index in [1.165, 1.54) is 11.5 Å². The van der Waals surface area contributed by atoms with Gasteiger partial charge in [-0.2, -0.15) is 11.8 Å². The molecule has 0 amide bonds. The third-order valence-corrected chi connectivity index (χ3v) is 6.41. The highest BCUT2D eigenvalue weighted by Crippen LogP contribution is 2.44. The quantitative estimate of drug-likeness (QED) is 0.831. The van der Waals surface area contributed by atoms with Crippen LogP contribution in [0.15, 0.2) is 22.7 Å². The van der Waals surface area contributed by atoms with Gasteiger partial charge in [0, 0.05) is 11.1 Å². The first-order chi connectivity index (χ1) is 10.1. The Bertz CT molecular complexity index is 494. The molecule has 0 bridgehead atoms. The van der Waals surface area contributed by atoms with Crippen LogP contribution >= 0.6 is 27.7 Å². The van der Waals surface area contributed by atoms with Crippen LogP contribution in [0.2, 0.25) is 0 Å². The minimum absolute atomic E-state index is 0.0401. The van der Waals surface area contributed by atoms with E-state index >= 15 is 0 Å². The van der Waals surface area contributed by atoms with E-state index in [9.17, 15) is 5.11 Å². The van der Waals surface area contributed by atoms with Crippen LogP contribution in [-0.2, 0) is 4.74 Å². The minimum atomic E-state index is -0.367. The predicted molar refractivity (Wildman–Crippen MR) is 91.8 cm³/mol. The summed E-state index contributed by atoms with van der Waals surface area (Å²) >= 11 is 5.52.